The summed E-state index contributed by atoms with van der Waals surface area (Å²) in [5.41, 5.74) is 14.0. The Labute approximate surface area is 753 Å². The van der Waals surface area contributed by atoms with E-state index in [1.165, 1.54) is 83.9 Å². The number of benzene rings is 24. The first-order valence-corrected chi connectivity index (χ1v) is 43.4. The lowest BCUT2D eigenvalue weighted by molar-refractivity contribution is -0.138. The third-order valence-electron chi connectivity index (χ3n) is 25.3. The lowest BCUT2D eigenvalue weighted by Crippen LogP contribution is -2.04. The van der Waals surface area contributed by atoms with Crippen LogP contribution in [0.3, 0.4) is 0 Å². The summed E-state index contributed by atoms with van der Waals surface area (Å²) < 4.78 is 136. The zero-order valence-corrected chi connectivity index (χ0v) is 70.5. The van der Waals surface area contributed by atoms with Gasteiger partial charge in [0, 0.05) is 0 Å². The average molecular weight is 1730 g/mol. The molecule has 24 aromatic rings. The quantitative estimate of drug-likeness (QED) is 0.0808. The molecule has 0 aliphatic rings. The molecular formula is C122H74F10. The normalized spacial score (nSPS) is 11.7. The van der Waals surface area contributed by atoms with Crippen LogP contribution in [0.1, 0.15) is 11.1 Å². The first kappa shape index (κ1) is 82.7. The van der Waals surface area contributed by atoms with Crippen molar-refractivity contribution in [2.24, 2.45) is 0 Å². The first-order valence-electron chi connectivity index (χ1n) is 43.4. The van der Waals surface area contributed by atoms with E-state index in [0.29, 0.717) is 16.7 Å². The fourth-order valence-corrected chi connectivity index (χ4v) is 19.4. The molecule has 24 aromatic carbocycles. The maximum Gasteiger partial charge on any atom is 0.416 e. The van der Waals surface area contributed by atoms with Crippen LogP contribution in [0.5, 0.6) is 0 Å². The van der Waals surface area contributed by atoms with Crippen LogP contribution >= 0.6 is 0 Å². The average Bonchev–Trinajstić information content (AvgIpc) is 0.746. The van der Waals surface area contributed by atoms with E-state index in [1.54, 1.807) is 18.2 Å². The highest BCUT2D eigenvalue weighted by molar-refractivity contribution is 6.26. The molecular weight excluding hydrogens is 1660 g/mol. The Morgan fingerprint density at radius 3 is 0.576 bits per heavy atom. The second-order valence-corrected chi connectivity index (χ2v) is 33.0. The molecule has 0 heterocycles. The molecule has 0 radical (unpaired) electrons. The minimum atomic E-state index is -4.40. The van der Waals surface area contributed by atoms with Gasteiger partial charge in [-0.1, -0.05) is 376 Å². The summed E-state index contributed by atoms with van der Waals surface area (Å²) in [5.74, 6) is -4.07. The third kappa shape index (κ3) is 15.5. The van der Waals surface area contributed by atoms with Crippen molar-refractivity contribution < 1.29 is 43.9 Å². The summed E-state index contributed by atoms with van der Waals surface area (Å²) >= 11 is 0. The van der Waals surface area contributed by atoms with Gasteiger partial charge >= 0.3 is 12.4 Å². The topological polar surface area (TPSA) is 0 Å². The van der Waals surface area contributed by atoms with Gasteiger partial charge < -0.3 is 0 Å². The Morgan fingerprint density at radius 2 is 0.333 bits per heavy atom. The van der Waals surface area contributed by atoms with E-state index >= 15 is 0 Å². The van der Waals surface area contributed by atoms with Gasteiger partial charge in [0.2, 0.25) is 0 Å². The number of rotatable bonds is 8. The molecule has 0 N–H and O–H groups in total. The van der Waals surface area contributed by atoms with Crippen LogP contribution in [0.15, 0.2) is 449 Å². The van der Waals surface area contributed by atoms with E-state index in [4.69, 9.17) is 0 Å². The molecule has 632 valence electrons. The molecule has 0 spiro atoms. The van der Waals surface area contributed by atoms with Gasteiger partial charge in [0.05, 0.1) is 11.1 Å². The van der Waals surface area contributed by atoms with Gasteiger partial charge in [-0.25, -0.2) is 17.6 Å². The van der Waals surface area contributed by atoms with E-state index in [-0.39, 0.29) is 5.82 Å². The standard InChI is InChI=1S/2C31H19F3.C30H17F3.C30H19F/c32-31(33,34)24-11-7-10-22(19-24)29-25-12-3-5-14-27(25)30(28-15-6-4-13-26(28)29)23-17-16-20-8-1-2-9-21(20)18-23;32-31(33,34)24-17-15-21(16-18-24)29-25-9-3-5-11-27(25)30(28-12-6-4-10-26(28)29)23-14-13-20-7-1-2-8-22(20)19-23;31-26-16-21(17-27(32)30(26)33)29-24-11-5-3-9-22(24)28(23-10-4-6-12-25(23)29)20-14-13-18-7-1-2-8-19(18)15-20;31-24-17-15-21(16-18-24)29-25-9-3-5-11-27(25)30(28-12-6-4-10-26(28)29)23-14-13-20-7-1-2-8-22(20)19-23/h2*1-19H;1-17H;1-19H. The molecule has 0 atom stereocenters. The highest BCUT2D eigenvalue weighted by Crippen LogP contribution is 2.51. The van der Waals surface area contributed by atoms with Crippen molar-refractivity contribution in [2.75, 3.05) is 0 Å². The van der Waals surface area contributed by atoms with E-state index < -0.39 is 40.9 Å². The summed E-state index contributed by atoms with van der Waals surface area (Å²) in [6.07, 6.45) is -8.75. The summed E-state index contributed by atoms with van der Waals surface area (Å²) in [6, 6.07) is 144. The lowest BCUT2D eigenvalue weighted by Gasteiger charge is -2.18. The maximum absolute atomic E-state index is 14.2. The van der Waals surface area contributed by atoms with Crippen molar-refractivity contribution in [3.63, 3.8) is 0 Å². The van der Waals surface area contributed by atoms with E-state index in [1.807, 2.05) is 158 Å². The minimum absolute atomic E-state index is 0.217. The molecule has 0 saturated heterocycles. The van der Waals surface area contributed by atoms with Gasteiger partial charge in [0.25, 0.3) is 0 Å². The van der Waals surface area contributed by atoms with Gasteiger partial charge in [-0.15, -0.1) is 0 Å². The van der Waals surface area contributed by atoms with Crippen LogP contribution in [0.2, 0.25) is 0 Å². The highest BCUT2D eigenvalue weighted by atomic mass is 19.4. The monoisotopic (exact) mass is 1730 g/mol. The summed E-state index contributed by atoms with van der Waals surface area (Å²) in [7, 11) is 0. The van der Waals surface area contributed by atoms with Crippen LogP contribution in [0.4, 0.5) is 43.9 Å². The fraction of sp³-hybridized carbons (Fsp3) is 0.0164. The van der Waals surface area contributed by atoms with Crippen molar-refractivity contribution >= 4 is 129 Å². The third-order valence-corrected chi connectivity index (χ3v) is 25.3. The zero-order chi connectivity index (χ0) is 89.9. The predicted molar refractivity (Wildman–Crippen MR) is 529 cm³/mol. The molecule has 0 nitrogen and oxygen atoms in total. The molecule has 0 saturated carbocycles. The summed E-state index contributed by atoms with van der Waals surface area (Å²) in [6.45, 7) is 0. The molecule has 24 rings (SSSR count). The van der Waals surface area contributed by atoms with Gasteiger partial charge in [-0.2, -0.15) is 26.3 Å². The van der Waals surface area contributed by atoms with Crippen molar-refractivity contribution in [1.29, 1.82) is 0 Å². The van der Waals surface area contributed by atoms with E-state index in [0.717, 1.165) is 172 Å². The highest BCUT2D eigenvalue weighted by Gasteiger charge is 2.33. The molecule has 0 aliphatic heterocycles. The van der Waals surface area contributed by atoms with Crippen LogP contribution in [-0.2, 0) is 12.4 Å². The smallest absolute Gasteiger partial charge is 0.207 e. The molecule has 0 unspecified atom stereocenters. The molecule has 132 heavy (non-hydrogen) atoms. The Hall–Kier alpha value is -16.3. The van der Waals surface area contributed by atoms with Gasteiger partial charge in [-0.3, -0.25) is 0 Å². The molecule has 0 fully saturated rings. The minimum Gasteiger partial charge on any atom is -0.207 e. The maximum atomic E-state index is 14.2. The Morgan fingerprint density at radius 1 is 0.136 bits per heavy atom. The Balaban J connectivity index is 0.000000106. The van der Waals surface area contributed by atoms with Crippen LogP contribution in [0.25, 0.3) is 218 Å². The molecule has 0 aromatic heterocycles. The SMILES string of the molecule is FC(F)(F)c1ccc(-c2c3ccccc3c(-c3ccc4ccccc4c3)c3ccccc23)cc1.FC(F)(F)c1cccc(-c2c3ccccc3c(-c3ccc4ccccc4c3)c3ccccc23)c1.Fc1cc(-c2c3ccccc3c(-c3ccc4ccccc4c3)c3ccccc23)cc(F)c1F.Fc1ccc(-c2c3ccccc3c(-c3ccc4ccccc4c3)c3ccccc23)cc1. The molecule has 0 aliphatic carbocycles. The van der Waals surface area contributed by atoms with Crippen molar-refractivity contribution in [3.8, 4) is 89.0 Å². The Bertz CT molecular complexity index is 8420. The number of halogens is 10. The summed E-state index contributed by atoms with van der Waals surface area (Å²) in [4.78, 5) is 0. The molecule has 10 heteroatoms. The molecule has 0 amide bonds. The van der Waals surface area contributed by atoms with Crippen molar-refractivity contribution in [2.45, 2.75) is 12.4 Å². The van der Waals surface area contributed by atoms with Gasteiger partial charge in [-0.05, 0) is 291 Å². The van der Waals surface area contributed by atoms with Crippen molar-refractivity contribution in [1.82, 2.24) is 0 Å². The van der Waals surface area contributed by atoms with E-state index in [9.17, 15) is 43.9 Å². The predicted octanol–water partition coefficient (Wildman–Crippen LogP) is 36.5. The number of alkyl halides is 6. The summed E-state index contributed by atoms with van der Waals surface area (Å²) in [5, 5.41) is 25.9. The first-order chi connectivity index (χ1) is 64.4. The zero-order valence-electron chi connectivity index (χ0n) is 70.5. The fourth-order valence-electron chi connectivity index (χ4n) is 19.4. The molecule has 0 bridgehead atoms. The van der Waals surface area contributed by atoms with Gasteiger partial charge in [0.15, 0.2) is 17.5 Å². The second kappa shape index (κ2) is 34.4. The van der Waals surface area contributed by atoms with Gasteiger partial charge in [0.1, 0.15) is 5.82 Å². The van der Waals surface area contributed by atoms with Crippen molar-refractivity contribution in [3.05, 3.63) is 483 Å². The van der Waals surface area contributed by atoms with E-state index in [2.05, 4.69) is 218 Å². The van der Waals surface area contributed by atoms with Crippen LogP contribution in [-0.4, -0.2) is 0 Å². The number of fused-ring (bicyclic) bond motifs is 12. The van der Waals surface area contributed by atoms with Crippen LogP contribution in [0, 0.1) is 23.3 Å². The van der Waals surface area contributed by atoms with Crippen LogP contribution < -0.4 is 0 Å². The largest absolute Gasteiger partial charge is 0.416 e. The lowest BCUT2D eigenvalue weighted by atomic mass is 9.85. The Kier molecular flexibility index (Phi) is 21.5. The number of hydrogen-bond acceptors (Lipinski definition) is 0. The second-order valence-electron chi connectivity index (χ2n) is 33.0. The number of hydrogen-bond donors (Lipinski definition) is 0.